The average molecular weight is 426 g/mol. The van der Waals surface area contributed by atoms with Crippen molar-refractivity contribution in [3.05, 3.63) is 59.0 Å². The second-order valence-corrected chi connectivity index (χ2v) is 8.53. The summed E-state index contributed by atoms with van der Waals surface area (Å²) >= 11 is 0. The first-order chi connectivity index (χ1) is 14.9. The molecule has 4 rings (SSSR count). The van der Waals surface area contributed by atoms with Gasteiger partial charge in [-0.25, -0.2) is 9.37 Å². The van der Waals surface area contributed by atoms with Gasteiger partial charge in [0.2, 0.25) is 11.8 Å². The number of fused-ring (bicyclic) bond motifs is 1. The van der Waals surface area contributed by atoms with Gasteiger partial charge < -0.3 is 21.7 Å². The Balaban J connectivity index is 1.26. The van der Waals surface area contributed by atoms with Crippen molar-refractivity contribution in [1.29, 1.82) is 0 Å². The number of carbonyl (C=O) groups is 2. The molecule has 2 amide bonds. The minimum Gasteiger partial charge on any atom is -0.384 e. The standard InChI is InChI=1S/C23H28FN5O2/c1-13(22(30)29-19-7-4-16-10-21(25)27-12-18(16)19)28-23(31)20-9-15(11-26-20)8-14-2-5-17(24)6-3-14/h2-3,5-6,10,12-13,15,19-20,26H,4,7-9,11H2,1H3,(H2,25,27)(H,28,31)(H,29,30)/t13-,15-,19?,20+/m0/s1. The van der Waals surface area contributed by atoms with E-state index in [2.05, 4.69) is 20.9 Å². The number of amides is 2. The highest BCUT2D eigenvalue weighted by molar-refractivity contribution is 5.89. The van der Waals surface area contributed by atoms with E-state index in [4.69, 9.17) is 5.73 Å². The lowest BCUT2D eigenvalue weighted by molar-refractivity contribution is -0.129. The van der Waals surface area contributed by atoms with Crippen LogP contribution in [0.2, 0.25) is 0 Å². The van der Waals surface area contributed by atoms with Crippen LogP contribution in [0.25, 0.3) is 0 Å². The van der Waals surface area contributed by atoms with Gasteiger partial charge in [0.15, 0.2) is 0 Å². The van der Waals surface area contributed by atoms with Crippen LogP contribution in [-0.2, 0) is 22.4 Å². The average Bonchev–Trinajstić information content (AvgIpc) is 3.36. The summed E-state index contributed by atoms with van der Waals surface area (Å²) in [5, 5.41) is 9.07. The molecule has 31 heavy (non-hydrogen) atoms. The molecule has 0 saturated carbocycles. The number of hydrogen-bond acceptors (Lipinski definition) is 5. The number of nitrogens with one attached hydrogen (secondary N) is 3. The van der Waals surface area contributed by atoms with Gasteiger partial charge in [-0.3, -0.25) is 9.59 Å². The van der Waals surface area contributed by atoms with Crippen LogP contribution >= 0.6 is 0 Å². The Kier molecular flexibility index (Phi) is 6.18. The number of rotatable bonds is 6. The predicted octanol–water partition coefficient (Wildman–Crippen LogP) is 1.63. The Labute approximate surface area is 181 Å². The first-order valence-electron chi connectivity index (χ1n) is 10.7. The highest BCUT2D eigenvalue weighted by Crippen LogP contribution is 2.31. The van der Waals surface area contributed by atoms with Crippen LogP contribution in [0.1, 0.15) is 42.5 Å². The number of carbonyl (C=O) groups excluding carboxylic acids is 2. The molecule has 164 valence electrons. The van der Waals surface area contributed by atoms with Crippen LogP contribution in [-0.4, -0.2) is 35.4 Å². The number of anilines is 1. The lowest BCUT2D eigenvalue weighted by atomic mass is 9.96. The van der Waals surface area contributed by atoms with Crippen molar-refractivity contribution in [2.75, 3.05) is 12.3 Å². The molecule has 4 atom stereocenters. The van der Waals surface area contributed by atoms with Crippen molar-refractivity contribution >= 4 is 17.6 Å². The maximum Gasteiger partial charge on any atom is 0.242 e. The molecule has 1 fully saturated rings. The molecule has 0 radical (unpaired) electrons. The van der Waals surface area contributed by atoms with Gasteiger partial charge in [-0.2, -0.15) is 0 Å². The van der Waals surface area contributed by atoms with E-state index < -0.39 is 6.04 Å². The van der Waals surface area contributed by atoms with E-state index in [1.807, 2.05) is 6.07 Å². The zero-order valence-electron chi connectivity index (χ0n) is 17.5. The van der Waals surface area contributed by atoms with Crippen LogP contribution in [0.5, 0.6) is 0 Å². The first-order valence-corrected chi connectivity index (χ1v) is 10.7. The fraction of sp³-hybridized carbons (Fsp3) is 0.435. The lowest BCUT2D eigenvalue weighted by Crippen LogP contribution is -2.50. The van der Waals surface area contributed by atoms with E-state index in [1.54, 1.807) is 25.3 Å². The van der Waals surface area contributed by atoms with Gasteiger partial charge in [0.05, 0.1) is 12.1 Å². The van der Waals surface area contributed by atoms with Crippen molar-refractivity contribution in [3.63, 3.8) is 0 Å². The smallest absolute Gasteiger partial charge is 0.242 e. The van der Waals surface area contributed by atoms with Crippen molar-refractivity contribution in [1.82, 2.24) is 20.9 Å². The van der Waals surface area contributed by atoms with Gasteiger partial charge in [0.25, 0.3) is 0 Å². The first kappa shape index (κ1) is 21.2. The second kappa shape index (κ2) is 9.01. The van der Waals surface area contributed by atoms with Crippen molar-refractivity contribution in [2.45, 2.75) is 50.7 Å². The number of benzene rings is 1. The van der Waals surface area contributed by atoms with Crippen molar-refractivity contribution in [3.8, 4) is 0 Å². The normalized spacial score (nSPS) is 23.2. The maximum absolute atomic E-state index is 13.1. The number of nitrogen functional groups attached to an aromatic ring is 1. The highest BCUT2D eigenvalue weighted by atomic mass is 19.1. The molecule has 0 bridgehead atoms. The van der Waals surface area contributed by atoms with Gasteiger partial charge in [-0.15, -0.1) is 0 Å². The molecule has 1 aliphatic carbocycles. The topological polar surface area (TPSA) is 109 Å². The Hall–Kier alpha value is -3.00. The molecule has 2 aliphatic rings. The van der Waals surface area contributed by atoms with Gasteiger partial charge in [-0.05, 0) is 80.0 Å². The van der Waals surface area contributed by atoms with Gasteiger partial charge in [-0.1, -0.05) is 12.1 Å². The van der Waals surface area contributed by atoms with Crippen molar-refractivity contribution < 1.29 is 14.0 Å². The fourth-order valence-electron chi connectivity index (χ4n) is 4.46. The minimum absolute atomic E-state index is 0.111. The van der Waals surface area contributed by atoms with Gasteiger partial charge >= 0.3 is 0 Å². The number of hydrogen-bond donors (Lipinski definition) is 4. The molecule has 1 saturated heterocycles. The number of aryl methyl sites for hydroxylation is 1. The summed E-state index contributed by atoms with van der Waals surface area (Å²) < 4.78 is 13.1. The predicted molar refractivity (Wildman–Crippen MR) is 115 cm³/mol. The highest BCUT2D eigenvalue weighted by Gasteiger charge is 2.32. The Morgan fingerprint density at radius 3 is 2.87 bits per heavy atom. The summed E-state index contributed by atoms with van der Waals surface area (Å²) in [4.78, 5) is 29.4. The zero-order valence-corrected chi connectivity index (χ0v) is 17.5. The molecular weight excluding hydrogens is 397 g/mol. The Bertz CT molecular complexity index is 965. The second-order valence-electron chi connectivity index (χ2n) is 8.53. The molecule has 1 unspecified atom stereocenters. The van der Waals surface area contributed by atoms with E-state index in [0.29, 0.717) is 24.7 Å². The zero-order chi connectivity index (χ0) is 22.0. The largest absolute Gasteiger partial charge is 0.384 e. The van der Waals surface area contributed by atoms with Crippen LogP contribution in [0.4, 0.5) is 10.2 Å². The fourth-order valence-corrected chi connectivity index (χ4v) is 4.46. The summed E-state index contributed by atoms with van der Waals surface area (Å²) in [5.74, 6) is 0.127. The quantitative estimate of drug-likeness (QED) is 0.563. The van der Waals surface area contributed by atoms with Crippen LogP contribution in [0, 0.1) is 11.7 Å². The molecule has 1 aliphatic heterocycles. The van der Waals surface area contributed by atoms with E-state index >= 15 is 0 Å². The molecule has 0 spiro atoms. The third kappa shape index (κ3) is 5.02. The number of nitrogens with two attached hydrogens (primary N) is 1. The van der Waals surface area contributed by atoms with E-state index in [-0.39, 0.29) is 29.7 Å². The molecule has 1 aromatic heterocycles. The van der Waals surface area contributed by atoms with E-state index in [1.165, 1.54) is 12.1 Å². The van der Waals surface area contributed by atoms with Crippen LogP contribution < -0.4 is 21.7 Å². The maximum atomic E-state index is 13.1. The van der Waals surface area contributed by atoms with Crippen LogP contribution in [0.3, 0.4) is 0 Å². The third-order valence-corrected chi connectivity index (χ3v) is 6.17. The van der Waals surface area contributed by atoms with Crippen LogP contribution in [0.15, 0.2) is 36.5 Å². The van der Waals surface area contributed by atoms with E-state index in [0.717, 1.165) is 36.0 Å². The Morgan fingerprint density at radius 1 is 1.32 bits per heavy atom. The SMILES string of the molecule is C[C@H](NC(=O)[C@H]1C[C@H](Cc2ccc(F)cc2)CN1)C(=O)NC1CCc2cc(N)ncc21. The van der Waals surface area contributed by atoms with Gasteiger partial charge in [0.1, 0.15) is 17.7 Å². The van der Waals surface area contributed by atoms with Crippen molar-refractivity contribution in [2.24, 2.45) is 5.92 Å². The molecule has 5 N–H and O–H groups in total. The summed E-state index contributed by atoms with van der Waals surface area (Å²) in [5.41, 5.74) is 8.88. The summed E-state index contributed by atoms with van der Waals surface area (Å²) in [6.45, 7) is 2.40. The van der Waals surface area contributed by atoms with E-state index in [9.17, 15) is 14.0 Å². The minimum atomic E-state index is -0.642. The molecular formula is C23H28FN5O2. The molecule has 1 aromatic carbocycles. The molecule has 2 heterocycles. The van der Waals surface area contributed by atoms with Gasteiger partial charge in [0, 0.05) is 6.20 Å². The lowest BCUT2D eigenvalue weighted by Gasteiger charge is -2.20. The number of halogens is 1. The number of nitrogens with zero attached hydrogens (tertiary/aromatic N) is 1. The summed E-state index contributed by atoms with van der Waals surface area (Å²) in [6.07, 6.45) is 4.82. The third-order valence-electron chi connectivity index (χ3n) is 6.17. The molecule has 2 aromatic rings. The molecule has 7 nitrogen and oxygen atoms in total. The molecule has 8 heteroatoms. The summed E-state index contributed by atoms with van der Waals surface area (Å²) in [6, 6.07) is 7.23. The monoisotopic (exact) mass is 425 g/mol. The Morgan fingerprint density at radius 2 is 2.10 bits per heavy atom. The summed E-state index contributed by atoms with van der Waals surface area (Å²) in [7, 11) is 0. The number of pyridine rings is 1. The number of aromatic nitrogens is 1.